The van der Waals surface area contributed by atoms with E-state index in [4.69, 9.17) is 5.11 Å². The first-order chi connectivity index (χ1) is 3.63. The van der Waals surface area contributed by atoms with Crippen LogP contribution in [0.1, 0.15) is 0 Å². The maximum absolute atomic E-state index is 9.91. The Bertz CT molecular complexity index is 84.1. The monoisotopic (exact) mass is 196 g/mol. The van der Waals surface area contributed by atoms with Crippen molar-refractivity contribution >= 4 is 29.5 Å². The molecule has 0 saturated heterocycles. The summed E-state index contributed by atoms with van der Waals surface area (Å²) < 4.78 is 0. The molecule has 1 N–H and O–H groups in total. The van der Waals surface area contributed by atoms with Crippen LogP contribution in [0.15, 0.2) is 0 Å². The van der Waals surface area contributed by atoms with Crippen LogP contribution in [0.2, 0.25) is 11.4 Å². The van der Waals surface area contributed by atoms with Crippen molar-refractivity contribution in [2.75, 3.05) is 5.75 Å². The van der Waals surface area contributed by atoms with E-state index in [-0.39, 0.29) is 5.75 Å². The van der Waals surface area contributed by atoms with E-state index in [0.29, 0.717) is 0 Å². The van der Waals surface area contributed by atoms with Crippen LogP contribution < -0.4 is 0 Å². The molecule has 0 aromatic carbocycles. The number of carboxylic acids is 1. The molecule has 8 heavy (non-hydrogen) atoms. The molecule has 48 valence electrons. The van der Waals surface area contributed by atoms with Crippen LogP contribution in [0.3, 0.4) is 0 Å². The van der Waals surface area contributed by atoms with Gasteiger partial charge in [0.15, 0.2) is 0 Å². The zero-order valence-corrected chi connectivity index (χ0v) is 7.61. The average Bonchev–Trinajstić information content (AvgIpc) is 1.61. The Morgan fingerprint density at radius 3 is 2.38 bits per heavy atom. The first kappa shape index (κ1) is 8.38. The molecule has 0 bridgehead atoms. The summed E-state index contributed by atoms with van der Waals surface area (Å²) in [4.78, 5) is 9.91. The molecule has 0 aliphatic rings. The molecule has 0 aromatic rings. The fourth-order valence-electron chi connectivity index (χ4n) is 0.184. The minimum atomic E-state index is -0.746. The van der Waals surface area contributed by atoms with Crippen molar-refractivity contribution in [3.63, 3.8) is 0 Å². The van der Waals surface area contributed by atoms with Crippen LogP contribution in [-0.4, -0.2) is 30.3 Å². The molecule has 0 atom stereocenters. The summed E-state index contributed by atoms with van der Waals surface area (Å²) in [6, 6.07) is 0. The van der Waals surface area contributed by atoms with E-state index < -0.39 is 19.5 Å². The van der Waals surface area contributed by atoms with Crippen LogP contribution in [0.5, 0.6) is 0 Å². The molecule has 0 heterocycles. The normalized spacial score (nSPS) is 9.88. The maximum atomic E-state index is 9.91. The van der Waals surface area contributed by atoms with Gasteiger partial charge in [-0.1, -0.05) is 0 Å². The summed E-state index contributed by atoms with van der Waals surface area (Å²) in [7, 11) is 1.59. The van der Waals surface area contributed by atoms with Gasteiger partial charge in [0.05, 0.1) is 0 Å². The Labute approximate surface area is 56.9 Å². The zero-order valence-electron chi connectivity index (χ0n) is 4.92. The van der Waals surface area contributed by atoms with E-state index in [1.807, 2.05) is 0 Å². The van der Waals surface area contributed by atoms with Gasteiger partial charge >= 0.3 is 56.6 Å². The van der Waals surface area contributed by atoms with Crippen LogP contribution in [0, 0.1) is 0 Å². The molecule has 0 aromatic heterocycles. The SMILES string of the molecule is C[As](C)SCC(=O)O. The molecule has 0 unspecified atom stereocenters. The van der Waals surface area contributed by atoms with E-state index in [9.17, 15) is 4.79 Å². The molecule has 4 heteroatoms. The van der Waals surface area contributed by atoms with Gasteiger partial charge in [-0.05, 0) is 0 Å². The van der Waals surface area contributed by atoms with Crippen molar-refractivity contribution < 1.29 is 9.90 Å². The number of hydrogen-bond acceptors (Lipinski definition) is 2. The fraction of sp³-hybridized carbons (Fsp3) is 0.750. The molecule has 0 spiro atoms. The van der Waals surface area contributed by atoms with Crippen molar-refractivity contribution in [1.29, 1.82) is 0 Å². The Balaban J connectivity index is 3.05. The number of aliphatic carboxylic acids is 1. The third kappa shape index (κ3) is 6.38. The predicted octanol–water partition coefficient (Wildman–Crippen LogP) is 1.06. The molecule has 0 radical (unpaired) electrons. The Kier molecular flexibility index (Phi) is 4.48. The standard InChI is InChI=1S/C4H9AsO2S/c1-5(2)8-3-4(6)7/h3H2,1-2H3,(H,6,7). The Morgan fingerprint density at radius 2 is 2.25 bits per heavy atom. The van der Waals surface area contributed by atoms with Crippen molar-refractivity contribution in [2.24, 2.45) is 0 Å². The van der Waals surface area contributed by atoms with Crippen molar-refractivity contribution in [2.45, 2.75) is 11.4 Å². The van der Waals surface area contributed by atoms with E-state index in [2.05, 4.69) is 11.4 Å². The minimum absolute atomic E-state index is 0.285. The number of carbonyl (C=O) groups is 1. The van der Waals surface area contributed by atoms with Crippen LogP contribution in [0.25, 0.3) is 0 Å². The van der Waals surface area contributed by atoms with E-state index in [1.165, 1.54) is 0 Å². The van der Waals surface area contributed by atoms with Crippen LogP contribution in [-0.2, 0) is 4.79 Å². The van der Waals surface area contributed by atoms with Gasteiger partial charge in [-0.25, -0.2) is 0 Å². The Hall–Kier alpha value is 0.378. The third-order valence-corrected chi connectivity index (χ3v) is 5.40. The molecule has 0 aliphatic carbocycles. The molecule has 0 rings (SSSR count). The van der Waals surface area contributed by atoms with Crippen LogP contribution >= 0.6 is 10.0 Å². The van der Waals surface area contributed by atoms with Crippen LogP contribution in [0.4, 0.5) is 0 Å². The first-order valence-corrected chi connectivity index (χ1v) is 9.14. The first-order valence-electron chi connectivity index (χ1n) is 2.15. The zero-order chi connectivity index (χ0) is 6.57. The van der Waals surface area contributed by atoms with Gasteiger partial charge in [0.1, 0.15) is 0 Å². The van der Waals surface area contributed by atoms with Gasteiger partial charge in [0, 0.05) is 0 Å². The van der Waals surface area contributed by atoms with Crippen molar-refractivity contribution in [1.82, 2.24) is 0 Å². The molecular weight excluding hydrogens is 187 g/mol. The quantitative estimate of drug-likeness (QED) is 0.685. The van der Waals surface area contributed by atoms with E-state index in [1.54, 1.807) is 10.0 Å². The van der Waals surface area contributed by atoms with Gasteiger partial charge in [-0.15, -0.1) is 0 Å². The summed E-state index contributed by atoms with van der Waals surface area (Å²) in [6.45, 7) is 0. The number of hydrogen-bond donors (Lipinski definition) is 1. The second-order valence-corrected chi connectivity index (χ2v) is 10.9. The third-order valence-electron chi connectivity index (χ3n) is 0.446. The van der Waals surface area contributed by atoms with Gasteiger partial charge < -0.3 is 0 Å². The molecule has 0 aliphatic heterocycles. The van der Waals surface area contributed by atoms with E-state index >= 15 is 0 Å². The van der Waals surface area contributed by atoms with Gasteiger partial charge in [-0.2, -0.15) is 0 Å². The van der Waals surface area contributed by atoms with Gasteiger partial charge in [-0.3, -0.25) is 0 Å². The summed E-state index contributed by atoms with van der Waals surface area (Å²) in [6.07, 6.45) is 0. The summed E-state index contributed by atoms with van der Waals surface area (Å²) >= 11 is -0.746. The summed E-state index contributed by atoms with van der Waals surface area (Å²) in [5.41, 5.74) is 4.25. The predicted molar refractivity (Wildman–Crippen MR) is 37.6 cm³/mol. The second-order valence-electron chi connectivity index (χ2n) is 1.48. The van der Waals surface area contributed by atoms with Gasteiger partial charge in [0.25, 0.3) is 0 Å². The van der Waals surface area contributed by atoms with Crippen molar-refractivity contribution in [3.8, 4) is 0 Å². The molecule has 2 nitrogen and oxygen atoms in total. The molecule has 0 saturated carbocycles. The summed E-state index contributed by atoms with van der Waals surface area (Å²) in [5, 5.41) is 8.16. The average molecular weight is 196 g/mol. The summed E-state index contributed by atoms with van der Waals surface area (Å²) in [5.74, 6) is -0.412. The Morgan fingerprint density at radius 1 is 1.75 bits per heavy atom. The number of carboxylic acid groups (broad SMARTS) is 1. The molecule has 0 amide bonds. The fourth-order valence-corrected chi connectivity index (χ4v) is 2.87. The number of rotatable bonds is 3. The molecular formula is C4H9AsO2S. The molecule has 0 fully saturated rings. The second kappa shape index (κ2) is 4.28. The topological polar surface area (TPSA) is 37.3 Å². The van der Waals surface area contributed by atoms with Gasteiger partial charge in [0.2, 0.25) is 0 Å². The van der Waals surface area contributed by atoms with Crippen molar-refractivity contribution in [3.05, 3.63) is 0 Å². The van der Waals surface area contributed by atoms with E-state index in [0.717, 1.165) is 0 Å².